The zero-order valence-corrected chi connectivity index (χ0v) is 24.9. The number of carbonyl (C=O) groups is 3. The number of ether oxygens (including phenoxy) is 1. The lowest BCUT2D eigenvalue weighted by Crippen LogP contribution is -2.54. The number of phenolic OH excluding ortho intramolecular Hbond substituents is 1. The predicted octanol–water partition coefficient (Wildman–Crippen LogP) is 6.60. The largest absolute Gasteiger partial charge is 0.508 e. The van der Waals surface area contributed by atoms with Gasteiger partial charge in [0.15, 0.2) is 0 Å². The number of hydrogen-bond donors (Lipinski definition) is 3. The maximum absolute atomic E-state index is 14.0. The number of phenols is 1. The van der Waals surface area contributed by atoms with E-state index in [4.69, 9.17) is 16.3 Å². The van der Waals surface area contributed by atoms with Crippen LogP contribution in [0.4, 0.5) is 10.5 Å². The van der Waals surface area contributed by atoms with Crippen molar-refractivity contribution in [3.8, 4) is 5.75 Å². The number of amides is 3. The van der Waals surface area contributed by atoms with Crippen LogP contribution in [0, 0.1) is 12.8 Å². The Labute approximate surface area is 237 Å². The zero-order valence-electron chi connectivity index (χ0n) is 24.2. The number of aromatic hydroxyl groups is 1. The number of rotatable bonds is 10. The molecule has 0 aliphatic heterocycles. The van der Waals surface area contributed by atoms with Gasteiger partial charge in [0, 0.05) is 11.6 Å². The van der Waals surface area contributed by atoms with Crippen LogP contribution >= 0.6 is 11.6 Å². The van der Waals surface area contributed by atoms with E-state index in [1.807, 2.05) is 19.9 Å². The van der Waals surface area contributed by atoms with Gasteiger partial charge in [0.1, 0.15) is 23.4 Å². The lowest BCUT2D eigenvalue weighted by Gasteiger charge is -2.38. The van der Waals surface area contributed by atoms with Gasteiger partial charge in [-0.25, -0.2) is 4.79 Å². The molecule has 214 valence electrons. The smallest absolute Gasteiger partial charge is 0.408 e. The second-order valence-electron chi connectivity index (χ2n) is 11.3. The van der Waals surface area contributed by atoms with Gasteiger partial charge in [0.05, 0.1) is 10.7 Å². The van der Waals surface area contributed by atoms with Crippen LogP contribution in [0.5, 0.6) is 5.75 Å². The molecule has 0 heterocycles. The van der Waals surface area contributed by atoms with Gasteiger partial charge in [0.25, 0.3) is 5.91 Å². The van der Waals surface area contributed by atoms with E-state index < -0.39 is 41.6 Å². The van der Waals surface area contributed by atoms with Crippen LogP contribution < -0.4 is 10.6 Å². The number of carbonyl (C=O) groups excluding carboxylic acids is 3. The summed E-state index contributed by atoms with van der Waals surface area (Å²) >= 11 is 6.40. The lowest BCUT2D eigenvalue weighted by atomic mass is 9.96. The molecular formula is C30H42ClN3O5. The summed E-state index contributed by atoms with van der Waals surface area (Å²) in [6.45, 7) is 14.6. The summed E-state index contributed by atoms with van der Waals surface area (Å²) in [7, 11) is 0. The highest BCUT2D eigenvalue weighted by Crippen LogP contribution is 2.34. The molecule has 9 heteroatoms. The SMILES string of the molecule is Cc1cccc(Cl)c1NC(=O)C(c1ccccc1O)N(C(=O)C(C)NC(=O)OC(C)(C)C)C(C)CCC(C)C. The summed E-state index contributed by atoms with van der Waals surface area (Å²) < 4.78 is 5.34. The minimum atomic E-state index is -1.21. The molecule has 39 heavy (non-hydrogen) atoms. The van der Waals surface area contributed by atoms with Crippen LogP contribution in [0.15, 0.2) is 42.5 Å². The molecule has 0 aliphatic carbocycles. The Morgan fingerprint density at radius 1 is 1.00 bits per heavy atom. The van der Waals surface area contributed by atoms with Crippen molar-refractivity contribution in [1.82, 2.24) is 10.2 Å². The minimum Gasteiger partial charge on any atom is -0.508 e. The van der Waals surface area contributed by atoms with Crippen molar-refractivity contribution in [2.75, 3.05) is 5.32 Å². The average Bonchev–Trinajstić information content (AvgIpc) is 2.82. The number of hydrogen-bond acceptors (Lipinski definition) is 5. The fourth-order valence-corrected chi connectivity index (χ4v) is 4.47. The number of nitrogens with one attached hydrogen (secondary N) is 2. The summed E-state index contributed by atoms with van der Waals surface area (Å²) in [5, 5.41) is 16.6. The van der Waals surface area contributed by atoms with E-state index in [9.17, 15) is 19.5 Å². The molecule has 0 spiro atoms. The average molecular weight is 560 g/mol. The van der Waals surface area contributed by atoms with E-state index in [2.05, 4.69) is 24.5 Å². The summed E-state index contributed by atoms with van der Waals surface area (Å²) in [5.41, 5.74) is 0.681. The van der Waals surface area contributed by atoms with Gasteiger partial charge in [-0.05, 0) is 78.0 Å². The normalized spacial score (nSPS) is 13.8. The minimum absolute atomic E-state index is 0.129. The Morgan fingerprint density at radius 3 is 2.21 bits per heavy atom. The van der Waals surface area contributed by atoms with Crippen molar-refractivity contribution in [3.05, 3.63) is 58.6 Å². The maximum atomic E-state index is 14.0. The molecule has 3 unspecified atom stereocenters. The fourth-order valence-electron chi connectivity index (χ4n) is 4.20. The molecule has 0 saturated heterocycles. The van der Waals surface area contributed by atoms with Gasteiger partial charge < -0.3 is 25.4 Å². The van der Waals surface area contributed by atoms with Crippen molar-refractivity contribution in [1.29, 1.82) is 0 Å². The molecule has 3 N–H and O–H groups in total. The highest BCUT2D eigenvalue weighted by Gasteiger charge is 2.39. The molecule has 0 aliphatic rings. The molecule has 0 radical (unpaired) electrons. The van der Waals surface area contributed by atoms with Crippen LogP contribution in [0.25, 0.3) is 0 Å². The second kappa shape index (κ2) is 13.7. The maximum Gasteiger partial charge on any atom is 0.408 e. The third-order valence-electron chi connectivity index (χ3n) is 6.22. The van der Waals surface area contributed by atoms with Crippen LogP contribution in [0.2, 0.25) is 5.02 Å². The zero-order chi connectivity index (χ0) is 29.5. The molecule has 0 bridgehead atoms. The lowest BCUT2D eigenvalue weighted by molar-refractivity contribution is -0.143. The van der Waals surface area contributed by atoms with Gasteiger partial charge in [-0.1, -0.05) is 55.8 Å². The first-order chi connectivity index (χ1) is 18.1. The Morgan fingerprint density at radius 2 is 1.64 bits per heavy atom. The predicted molar refractivity (Wildman–Crippen MR) is 155 cm³/mol. The molecule has 2 aromatic carbocycles. The first-order valence-electron chi connectivity index (χ1n) is 13.3. The van der Waals surface area contributed by atoms with Crippen molar-refractivity contribution in [2.24, 2.45) is 5.92 Å². The summed E-state index contributed by atoms with van der Waals surface area (Å²) in [6, 6.07) is 9.06. The summed E-state index contributed by atoms with van der Waals surface area (Å²) in [5.74, 6) is -0.793. The van der Waals surface area contributed by atoms with Crippen LogP contribution in [-0.2, 0) is 14.3 Å². The molecule has 8 nitrogen and oxygen atoms in total. The van der Waals surface area contributed by atoms with E-state index in [0.29, 0.717) is 23.0 Å². The number of alkyl carbamates (subject to hydrolysis) is 1. The third kappa shape index (κ3) is 9.17. The Kier molecular flexibility index (Phi) is 11.2. The standard InChI is InChI=1S/C30H42ClN3O5/c1-18(2)16-17-20(4)34(28(37)21(5)32-29(38)39-30(6,7)8)26(22-13-9-10-15-24(22)35)27(36)33-25-19(3)12-11-14-23(25)31/h9-15,18,20-21,26,35H,16-17H2,1-8H3,(H,32,38)(H,33,36). The van der Waals surface area contributed by atoms with Crippen molar-refractivity contribution >= 4 is 35.2 Å². The molecular weight excluding hydrogens is 518 g/mol. The first-order valence-corrected chi connectivity index (χ1v) is 13.7. The van der Waals surface area contributed by atoms with Gasteiger partial charge in [-0.2, -0.15) is 0 Å². The number of anilines is 1. The van der Waals surface area contributed by atoms with E-state index in [-0.39, 0.29) is 11.3 Å². The quantitative estimate of drug-likeness (QED) is 0.304. The highest BCUT2D eigenvalue weighted by atomic mass is 35.5. The molecule has 0 saturated carbocycles. The highest BCUT2D eigenvalue weighted by molar-refractivity contribution is 6.34. The van der Waals surface area contributed by atoms with Gasteiger partial charge >= 0.3 is 6.09 Å². The van der Waals surface area contributed by atoms with Gasteiger partial charge in [-0.3, -0.25) is 9.59 Å². The Balaban J connectivity index is 2.58. The summed E-state index contributed by atoms with van der Waals surface area (Å²) in [6.07, 6.45) is 0.663. The van der Waals surface area contributed by atoms with Crippen LogP contribution in [-0.4, -0.2) is 45.6 Å². The molecule has 0 fully saturated rings. The van der Waals surface area contributed by atoms with E-state index >= 15 is 0 Å². The van der Waals surface area contributed by atoms with E-state index in [1.54, 1.807) is 58.0 Å². The van der Waals surface area contributed by atoms with Crippen molar-refractivity contribution < 1.29 is 24.2 Å². The molecule has 3 amide bonds. The third-order valence-corrected chi connectivity index (χ3v) is 6.54. The number of halogens is 1. The number of nitrogens with zero attached hydrogens (tertiary/aromatic N) is 1. The van der Waals surface area contributed by atoms with Crippen LogP contribution in [0.3, 0.4) is 0 Å². The topological polar surface area (TPSA) is 108 Å². The number of para-hydroxylation sites is 2. The summed E-state index contributed by atoms with van der Waals surface area (Å²) in [4.78, 5) is 42.0. The molecule has 3 atom stereocenters. The first kappa shape index (κ1) is 32.0. The molecule has 0 aromatic heterocycles. The van der Waals surface area contributed by atoms with E-state index in [1.165, 1.54) is 11.0 Å². The van der Waals surface area contributed by atoms with Gasteiger partial charge in [0.2, 0.25) is 5.91 Å². The van der Waals surface area contributed by atoms with E-state index in [0.717, 1.165) is 12.0 Å². The number of aryl methyl sites for hydroxylation is 1. The number of benzene rings is 2. The molecule has 2 aromatic rings. The Hall–Kier alpha value is -3.26. The van der Waals surface area contributed by atoms with Crippen LogP contribution in [0.1, 0.15) is 78.5 Å². The second-order valence-corrected chi connectivity index (χ2v) is 11.7. The fraction of sp³-hybridized carbons (Fsp3) is 0.500. The molecule has 2 rings (SSSR count). The van der Waals surface area contributed by atoms with Crippen molar-refractivity contribution in [2.45, 2.75) is 92.0 Å². The van der Waals surface area contributed by atoms with Gasteiger partial charge in [-0.15, -0.1) is 0 Å². The Bertz CT molecular complexity index is 1140. The monoisotopic (exact) mass is 559 g/mol. The van der Waals surface area contributed by atoms with Crippen molar-refractivity contribution in [3.63, 3.8) is 0 Å².